The number of nitrogens with one attached hydrogen (secondary N) is 2. The van der Waals surface area contributed by atoms with E-state index in [0.29, 0.717) is 35.1 Å². The molecule has 12 heteroatoms. The highest BCUT2D eigenvalue weighted by atomic mass is 16.5. The number of ether oxygens (including phenoxy) is 3. The lowest BCUT2D eigenvalue weighted by Gasteiger charge is -2.27. The van der Waals surface area contributed by atoms with Gasteiger partial charge < -0.3 is 31.0 Å². The van der Waals surface area contributed by atoms with Crippen molar-refractivity contribution in [2.75, 3.05) is 63.3 Å². The zero-order valence-electron chi connectivity index (χ0n) is 18.7. The minimum absolute atomic E-state index is 0.00919. The van der Waals surface area contributed by atoms with Gasteiger partial charge in [-0.15, -0.1) is 0 Å². The van der Waals surface area contributed by atoms with Crippen LogP contribution < -0.4 is 31.6 Å². The molecule has 4 rings (SSSR count). The van der Waals surface area contributed by atoms with Crippen LogP contribution in [0, 0.1) is 22.8 Å². The summed E-state index contributed by atoms with van der Waals surface area (Å²) in [4.78, 5) is 11.1. The largest absolute Gasteiger partial charge is 0.493 e. The summed E-state index contributed by atoms with van der Waals surface area (Å²) in [5.41, 5.74) is 13.7. The number of nitriles is 2. The Balaban J connectivity index is 1.68. The average molecular weight is 464 g/mol. The summed E-state index contributed by atoms with van der Waals surface area (Å²) < 4.78 is 16.9. The highest BCUT2D eigenvalue weighted by Crippen LogP contribution is 2.42. The molecule has 6 N–H and O–H groups in total. The Bertz CT molecular complexity index is 1180. The molecule has 0 spiro atoms. The van der Waals surface area contributed by atoms with E-state index in [2.05, 4.69) is 25.5 Å². The number of rotatable bonds is 6. The Labute approximate surface area is 196 Å². The second-order valence-corrected chi connectivity index (χ2v) is 7.61. The molecule has 176 valence electrons. The number of benzene rings is 1. The summed E-state index contributed by atoms with van der Waals surface area (Å²) in [5, 5.41) is 24.0. The summed E-state index contributed by atoms with van der Waals surface area (Å²) in [6, 6.07) is 6.74. The zero-order valence-corrected chi connectivity index (χ0v) is 18.7. The van der Waals surface area contributed by atoms with Gasteiger partial charge in [0.2, 0.25) is 5.96 Å². The zero-order chi connectivity index (χ0) is 24.1. The molecule has 1 fully saturated rings. The first-order chi connectivity index (χ1) is 16.5. The summed E-state index contributed by atoms with van der Waals surface area (Å²) >= 11 is 0. The summed E-state index contributed by atoms with van der Waals surface area (Å²) in [7, 11) is 1.57. The quantitative estimate of drug-likeness (QED) is 0.351. The van der Waals surface area contributed by atoms with E-state index in [1.54, 1.807) is 13.2 Å². The second kappa shape index (κ2) is 10.1. The van der Waals surface area contributed by atoms with E-state index in [9.17, 15) is 5.26 Å². The first kappa shape index (κ1) is 22.9. The molecule has 12 nitrogen and oxygen atoms in total. The third kappa shape index (κ3) is 4.59. The first-order valence-corrected chi connectivity index (χ1v) is 10.7. The molecule has 2 aliphatic rings. The van der Waals surface area contributed by atoms with Gasteiger partial charge in [0, 0.05) is 25.2 Å². The van der Waals surface area contributed by atoms with Crippen molar-refractivity contribution in [1.82, 2.24) is 15.2 Å². The molecule has 0 radical (unpaired) electrons. The van der Waals surface area contributed by atoms with Gasteiger partial charge in [-0.1, -0.05) is 6.07 Å². The van der Waals surface area contributed by atoms with E-state index >= 15 is 0 Å². The van der Waals surface area contributed by atoms with E-state index in [-0.39, 0.29) is 23.0 Å². The number of nitrogens with zero attached hydrogens (tertiary/aromatic N) is 5. The van der Waals surface area contributed by atoms with Crippen molar-refractivity contribution in [3.05, 3.63) is 34.9 Å². The van der Waals surface area contributed by atoms with Gasteiger partial charge in [0.05, 0.1) is 26.0 Å². The van der Waals surface area contributed by atoms with Crippen LogP contribution in [0.1, 0.15) is 22.7 Å². The smallest absolute Gasteiger partial charge is 0.211 e. The van der Waals surface area contributed by atoms with Crippen LogP contribution in [0.4, 0.5) is 17.3 Å². The fraction of sp³-hybridized carbons (Fsp3) is 0.364. The number of anilines is 3. The highest BCUT2D eigenvalue weighted by Gasteiger charge is 2.30. The minimum Gasteiger partial charge on any atom is -0.493 e. The molecule has 34 heavy (non-hydrogen) atoms. The Morgan fingerprint density at radius 1 is 1.26 bits per heavy atom. The predicted octanol–water partition coefficient (Wildman–Crippen LogP) is 0.779. The monoisotopic (exact) mass is 463 g/mol. The number of guanidine groups is 1. The Morgan fingerprint density at radius 3 is 2.76 bits per heavy atom. The lowest BCUT2D eigenvalue weighted by molar-refractivity contribution is 0.0321. The normalized spacial score (nSPS) is 17.4. The molecule has 0 amide bonds. The molecule has 2 aromatic rings. The van der Waals surface area contributed by atoms with Crippen LogP contribution in [0.15, 0.2) is 23.2 Å². The van der Waals surface area contributed by atoms with Crippen molar-refractivity contribution < 1.29 is 14.2 Å². The minimum atomic E-state index is -0.667. The SMILES string of the molecule is COc1ccc(C2N=C(NC#N)Nc3nc(N)c(C#N)c(N)c32)cc1OCCN1CCOCC1. The molecule has 0 aliphatic carbocycles. The molecular formula is C22H25N9O3. The molecule has 3 heterocycles. The van der Waals surface area contributed by atoms with Gasteiger partial charge in [0.1, 0.15) is 35.9 Å². The Kier molecular flexibility index (Phi) is 6.82. The third-order valence-electron chi connectivity index (χ3n) is 5.63. The lowest BCUT2D eigenvalue weighted by atomic mass is 9.95. The maximum absolute atomic E-state index is 9.50. The maximum Gasteiger partial charge on any atom is 0.211 e. The van der Waals surface area contributed by atoms with Crippen molar-refractivity contribution >= 4 is 23.3 Å². The standard InChI is InChI=1S/C22H25N9O3/c1-32-15-3-2-13(10-16(15)34-9-6-31-4-7-33-8-5-31)19-17-18(25)14(11-23)20(26)29-21(17)30-22(28-19)27-12-24/h2-3,10,19H,4-9H2,1H3,(H6,25,26,27,28,29,30). The van der Waals surface area contributed by atoms with Gasteiger partial charge in [-0.2, -0.15) is 10.5 Å². The maximum atomic E-state index is 9.50. The molecule has 1 unspecified atom stereocenters. The van der Waals surface area contributed by atoms with Crippen molar-refractivity contribution in [3.8, 4) is 23.8 Å². The van der Waals surface area contributed by atoms with Gasteiger partial charge in [-0.3, -0.25) is 10.2 Å². The number of aromatic nitrogens is 1. The van der Waals surface area contributed by atoms with Crippen LogP contribution in [0.25, 0.3) is 0 Å². The number of nitrogens with two attached hydrogens (primary N) is 2. The summed E-state index contributed by atoms with van der Waals surface area (Å²) in [6.07, 6.45) is 1.84. The van der Waals surface area contributed by atoms with Crippen LogP contribution in [-0.2, 0) is 4.74 Å². The van der Waals surface area contributed by atoms with Gasteiger partial charge in [-0.25, -0.2) is 9.98 Å². The first-order valence-electron chi connectivity index (χ1n) is 10.7. The molecular weight excluding hydrogens is 438 g/mol. The van der Waals surface area contributed by atoms with E-state index in [4.69, 9.17) is 30.9 Å². The number of hydrogen-bond donors (Lipinski definition) is 4. The molecule has 0 saturated carbocycles. The highest BCUT2D eigenvalue weighted by molar-refractivity contribution is 5.98. The number of aliphatic imine (C=N–C) groups is 1. The second-order valence-electron chi connectivity index (χ2n) is 7.61. The van der Waals surface area contributed by atoms with E-state index < -0.39 is 6.04 Å². The third-order valence-corrected chi connectivity index (χ3v) is 5.63. The van der Waals surface area contributed by atoms with Crippen LogP contribution in [0.5, 0.6) is 11.5 Å². The van der Waals surface area contributed by atoms with E-state index in [1.165, 1.54) is 0 Å². The fourth-order valence-corrected chi connectivity index (χ4v) is 3.91. The van der Waals surface area contributed by atoms with Crippen LogP contribution in [0.2, 0.25) is 0 Å². The summed E-state index contributed by atoms with van der Waals surface area (Å²) in [5.74, 6) is 1.60. The topological polar surface area (TPSA) is 180 Å². The number of hydrogen-bond acceptors (Lipinski definition) is 12. The lowest BCUT2D eigenvalue weighted by Crippen LogP contribution is -2.38. The molecule has 0 bridgehead atoms. The van der Waals surface area contributed by atoms with Crippen molar-refractivity contribution in [3.63, 3.8) is 0 Å². The number of methoxy groups -OCH3 is 1. The van der Waals surface area contributed by atoms with Crippen molar-refractivity contribution in [2.45, 2.75) is 6.04 Å². The molecule has 2 aliphatic heterocycles. The number of morpholine rings is 1. The number of pyridine rings is 1. The van der Waals surface area contributed by atoms with Crippen molar-refractivity contribution in [1.29, 1.82) is 10.5 Å². The van der Waals surface area contributed by atoms with E-state index in [1.807, 2.05) is 24.4 Å². The average Bonchev–Trinajstić information content (AvgIpc) is 2.84. The number of fused-ring (bicyclic) bond motifs is 1. The summed E-state index contributed by atoms with van der Waals surface area (Å²) in [6.45, 7) is 4.39. The Hall–Kier alpha value is -4.26. The molecule has 1 aromatic heterocycles. The Morgan fingerprint density at radius 2 is 2.06 bits per heavy atom. The fourth-order valence-electron chi connectivity index (χ4n) is 3.91. The van der Waals surface area contributed by atoms with Crippen LogP contribution in [0.3, 0.4) is 0 Å². The van der Waals surface area contributed by atoms with E-state index in [0.717, 1.165) is 32.8 Å². The number of nitrogen functional groups attached to an aromatic ring is 2. The van der Waals surface area contributed by atoms with Gasteiger partial charge in [0.15, 0.2) is 17.7 Å². The van der Waals surface area contributed by atoms with Gasteiger partial charge in [0.25, 0.3) is 0 Å². The van der Waals surface area contributed by atoms with Crippen LogP contribution >= 0.6 is 0 Å². The van der Waals surface area contributed by atoms with Crippen molar-refractivity contribution in [2.24, 2.45) is 4.99 Å². The molecule has 1 atom stereocenters. The van der Waals surface area contributed by atoms with Gasteiger partial charge >= 0.3 is 0 Å². The van der Waals surface area contributed by atoms with Crippen LogP contribution in [-0.4, -0.2) is 62.4 Å². The molecule has 1 saturated heterocycles. The predicted molar refractivity (Wildman–Crippen MR) is 125 cm³/mol. The van der Waals surface area contributed by atoms with Gasteiger partial charge in [-0.05, 0) is 17.7 Å². The molecule has 1 aromatic carbocycles.